The molecule has 4 nitrogen and oxygen atoms in total. The number of halogens is 2. The van der Waals surface area contributed by atoms with Gasteiger partial charge in [-0.15, -0.1) is 0 Å². The van der Waals surface area contributed by atoms with Gasteiger partial charge in [-0.2, -0.15) is 0 Å². The maximum atomic E-state index is 13.4. The van der Waals surface area contributed by atoms with E-state index in [1.165, 1.54) is 6.07 Å². The standard InChI is InChI=1S/C14H15F2NO3/c15-10-4-2-5-11(16)9(10)7-13(18)17-12-6-1-3-8(12)14(19)20/h2,4-5,8,12H,1,3,6-7H2,(H,17,18)(H,19,20)/t8-,12+/m0/s1. The molecule has 0 unspecified atom stereocenters. The van der Waals surface area contributed by atoms with Crippen molar-refractivity contribution in [3.63, 3.8) is 0 Å². The van der Waals surface area contributed by atoms with Gasteiger partial charge in [-0.1, -0.05) is 12.5 Å². The number of carbonyl (C=O) groups is 2. The molecule has 1 aromatic rings. The maximum Gasteiger partial charge on any atom is 0.308 e. The maximum absolute atomic E-state index is 13.4. The monoisotopic (exact) mass is 283 g/mol. The molecule has 0 bridgehead atoms. The highest BCUT2D eigenvalue weighted by Gasteiger charge is 2.33. The van der Waals surface area contributed by atoms with Crippen LogP contribution in [0.4, 0.5) is 8.78 Å². The third-order valence-electron chi connectivity index (χ3n) is 3.58. The minimum absolute atomic E-state index is 0.296. The van der Waals surface area contributed by atoms with Crippen LogP contribution < -0.4 is 5.32 Å². The minimum Gasteiger partial charge on any atom is -0.481 e. The molecule has 0 aromatic heterocycles. The summed E-state index contributed by atoms with van der Waals surface area (Å²) in [5, 5.41) is 11.6. The fraction of sp³-hybridized carbons (Fsp3) is 0.429. The molecule has 1 aromatic carbocycles. The zero-order chi connectivity index (χ0) is 14.7. The Bertz CT molecular complexity index is 513. The van der Waals surface area contributed by atoms with Crippen molar-refractivity contribution < 1.29 is 23.5 Å². The first-order valence-corrected chi connectivity index (χ1v) is 6.44. The molecule has 1 saturated carbocycles. The summed E-state index contributed by atoms with van der Waals surface area (Å²) < 4.78 is 26.8. The largest absolute Gasteiger partial charge is 0.481 e. The Morgan fingerprint density at radius 2 is 1.90 bits per heavy atom. The Morgan fingerprint density at radius 3 is 2.50 bits per heavy atom. The number of benzene rings is 1. The van der Waals surface area contributed by atoms with E-state index < -0.39 is 41.9 Å². The highest BCUT2D eigenvalue weighted by molar-refractivity contribution is 5.80. The first-order valence-electron chi connectivity index (χ1n) is 6.44. The van der Waals surface area contributed by atoms with Crippen LogP contribution in [0.2, 0.25) is 0 Å². The van der Waals surface area contributed by atoms with Crippen molar-refractivity contribution in [3.8, 4) is 0 Å². The second kappa shape index (κ2) is 5.98. The molecule has 0 heterocycles. The van der Waals surface area contributed by atoms with Gasteiger partial charge in [-0.3, -0.25) is 9.59 Å². The van der Waals surface area contributed by atoms with Crippen molar-refractivity contribution in [1.29, 1.82) is 0 Å². The van der Waals surface area contributed by atoms with Crippen LogP contribution in [0.3, 0.4) is 0 Å². The molecule has 20 heavy (non-hydrogen) atoms. The summed E-state index contributed by atoms with van der Waals surface area (Å²) in [6, 6.07) is 2.93. The Kier molecular flexibility index (Phi) is 4.32. The van der Waals surface area contributed by atoms with E-state index in [9.17, 15) is 18.4 Å². The van der Waals surface area contributed by atoms with Gasteiger partial charge >= 0.3 is 5.97 Å². The molecule has 6 heteroatoms. The van der Waals surface area contributed by atoms with Crippen LogP contribution in [-0.2, 0) is 16.0 Å². The Balaban J connectivity index is 2.01. The van der Waals surface area contributed by atoms with Crippen molar-refractivity contribution in [2.45, 2.75) is 31.7 Å². The minimum atomic E-state index is -0.954. The normalized spacial score (nSPS) is 21.7. The van der Waals surface area contributed by atoms with Crippen LogP contribution in [0, 0.1) is 17.6 Å². The van der Waals surface area contributed by atoms with Crippen LogP contribution >= 0.6 is 0 Å². The molecule has 0 spiro atoms. The van der Waals surface area contributed by atoms with E-state index in [0.29, 0.717) is 12.8 Å². The molecular weight excluding hydrogens is 268 g/mol. The number of hydrogen-bond acceptors (Lipinski definition) is 2. The fourth-order valence-electron chi connectivity index (χ4n) is 2.55. The van der Waals surface area contributed by atoms with E-state index in [1.54, 1.807) is 0 Å². The molecule has 2 N–H and O–H groups in total. The molecule has 1 fully saturated rings. The number of carboxylic acids is 1. The number of aliphatic carboxylic acids is 1. The lowest BCUT2D eigenvalue weighted by Crippen LogP contribution is -2.41. The fourth-order valence-corrected chi connectivity index (χ4v) is 2.55. The molecule has 1 aliphatic carbocycles. The summed E-state index contributed by atoms with van der Waals surface area (Å²) >= 11 is 0. The number of hydrogen-bond donors (Lipinski definition) is 2. The van der Waals surface area contributed by atoms with Crippen LogP contribution in [0.25, 0.3) is 0 Å². The van der Waals surface area contributed by atoms with Crippen molar-refractivity contribution in [2.24, 2.45) is 5.92 Å². The van der Waals surface area contributed by atoms with Crippen LogP contribution in [-0.4, -0.2) is 23.0 Å². The third-order valence-corrected chi connectivity index (χ3v) is 3.58. The lowest BCUT2D eigenvalue weighted by Gasteiger charge is -2.17. The molecule has 1 amide bonds. The van der Waals surface area contributed by atoms with Crippen LogP contribution in [0.5, 0.6) is 0 Å². The van der Waals surface area contributed by atoms with Gasteiger partial charge in [-0.25, -0.2) is 8.78 Å². The van der Waals surface area contributed by atoms with Crippen molar-refractivity contribution in [1.82, 2.24) is 5.32 Å². The average molecular weight is 283 g/mol. The van der Waals surface area contributed by atoms with Crippen molar-refractivity contribution in [3.05, 3.63) is 35.4 Å². The number of rotatable bonds is 4. The summed E-state index contributed by atoms with van der Waals surface area (Å²) in [7, 11) is 0. The summed E-state index contributed by atoms with van der Waals surface area (Å²) in [6.07, 6.45) is 1.37. The smallest absolute Gasteiger partial charge is 0.308 e. The van der Waals surface area contributed by atoms with Gasteiger partial charge in [0.1, 0.15) is 11.6 Å². The molecule has 0 radical (unpaired) electrons. The number of amides is 1. The quantitative estimate of drug-likeness (QED) is 0.886. The highest BCUT2D eigenvalue weighted by atomic mass is 19.1. The third kappa shape index (κ3) is 3.12. The zero-order valence-corrected chi connectivity index (χ0v) is 10.7. The highest BCUT2D eigenvalue weighted by Crippen LogP contribution is 2.26. The zero-order valence-electron chi connectivity index (χ0n) is 10.7. The van der Waals surface area contributed by atoms with Crippen molar-refractivity contribution >= 4 is 11.9 Å². The number of carboxylic acid groups (broad SMARTS) is 1. The average Bonchev–Trinajstić information content (AvgIpc) is 2.82. The van der Waals surface area contributed by atoms with Gasteiger partial charge in [0.25, 0.3) is 0 Å². The van der Waals surface area contributed by atoms with Gasteiger partial charge in [0.15, 0.2) is 0 Å². The first kappa shape index (κ1) is 14.4. The molecule has 2 rings (SSSR count). The molecule has 2 atom stereocenters. The Labute approximate surface area is 114 Å². The summed E-state index contributed by atoms with van der Waals surface area (Å²) in [6.45, 7) is 0. The first-order chi connectivity index (χ1) is 9.49. The molecule has 0 aliphatic heterocycles. The van der Waals surface area contributed by atoms with E-state index in [2.05, 4.69) is 5.32 Å². The van der Waals surface area contributed by atoms with Crippen LogP contribution in [0.15, 0.2) is 18.2 Å². The van der Waals surface area contributed by atoms with E-state index in [0.717, 1.165) is 18.6 Å². The van der Waals surface area contributed by atoms with Gasteiger partial charge in [-0.05, 0) is 25.0 Å². The molecule has 1 aliphatic rings. The van der Waals surface area contributed by atoms with E-state index >= 15 is 0 Å². The van der Waals surface area contributed by atoms with Gasteiger partial charge < -0.3 is 10.4 Å². The van der Waals surface area contributed by atoms with Gasteiger partial charge in [0.05, 0.1) is 12.3 Å². The SMILES string of the molecule is O=C(Cc1c(F)cccc1F)N[C@@H]1CCC[C@@H]1C(=O)O. The Hall–Kier alpha value is -1.98. The predicted octanol–water partition coefficient (Wildman–Crippen LogP) is 1.88. The molecule has 108 valence electrons. The summed E-state index contributed by atoms with van der Waals surface area (Å²) in [5.41, 5.74) is -0.296. The van der Waals surface area contributed by atoms with E-state index in [-0.39, 0.29) is 5.56 Å². The molecule has 0 saturated heterocycles. The van der Waals surface area contributed by atoms with Crippen molar-refractivity contribution in [2.75, 3.05) is 0 Å². The number of carbonyl (C=O) groups excluding carboxylic acids is 1. The van der Waals surface area contributed by atoms with E-state index in [1.807, 2.05) is 0 Å². The molecular formula is C14H15F2NO3. The van der Waals surface area contributed by atoms with Gasteiger partial charge in [0, 0.05) is 11.6 Å². The summed E-state index contributed by atoms with van der Waals surface area (Å²) in [4.78, 5) is 22.8. The van der Waals surface area contributed by atoms with Gasteiger partial charge in [0.2, 0.25) is 5.91 Å². The number of nitrogens with one attached hydrogen (secondary N) is 1. The lowest BCUT2D eigenvalue weighted by atomic mass is 10.0. The summed E-state index contributed by atoms with van der Waals surface area (Å²) in [5.74, 6) is -3.69. The predicted molar refractivity (Wildman–Crippen MR) is 67.0 cm³/mol. The van der Waals surface area contributed by atoms with Crippen LogP contribution in [0.1, 0.15) is 24.8 Å². The lowest BCUT2D eigenvalue weighted by molar-refractivity contribution is -0.142. The second-order valence-electron chi connectivity index (χ2n) is 4.93. The van der Waals surface area contributed by atoms with E-state index in [4.69, 9.17) is 5.11 Å². The topological polar surface area (TPSA) is 66.4 Å². The Morgan fingerprint density at radius 1 is 1.25 bits per heavy atom. The second-order valence-corrected chi connectivity index (χ2v) is 4.93.